The Bertz CT molecular complexity index is 413. The Morgan fingerprint density at radius 1 is 1.50 bits per heavy atom. The fraction of sp³-hybridized carbons (Fsp3) is 0.417. The van der Waals surface area contributed by atoms with Crippen LogP contribution in [-0.4, -0.2) is 18.0 Å². The maximum Gasteiger partial charge on any atom is 0.251 e. The van der Waals surface area contributed by atoms with E-state index in [0.29, 0.717) is 5.56 Å². The molecule has 1 aromatic carbocycles. The maximum atomic E-state index is 11.9. The largest absolute Gasteiger partial charge is 0.349 e. The van der Waals surface area contributed by atoms with Crippen LogP contribution in [0, 0.1) is 6.92 Å². The predicted octanol–water partition coefficient (Wildman–Crippen LogP) is 1.98. The highest BCUT2D eigenvalue weighted by Crippen LogP contribution is 2.20. The second kappa shape index (κ2) is 4.55. The molecule has 1 saturated carbocycles. The molecule has 2 rings (SSSR count). The van der Waals surface area contributed by atoms with Crippen LogP contribution in [0.2, 0.25) is 0 Å². The Labute approximate surface area is 104 Å². The summed E-state index contributed by atoms with van der Waals surface area (Å²) in [6.45, 7) is 1.97. The van der Waals surface area contributed by atoms with Crippen molar-refractivity contribution in [2.24, 2.45) is 5.73 Å². The molecule has 16 heavy (non-hydrogen) atoms. The van der Waals surface area contributed by atoms with Gasteiger partial charge in [0.05, 0.1) is 0 Å². The molecule has 0 spiro atoms. The fourth-order valence-electron chi connectivity index (χ4n) is 1.83. The average molecular weight is 283 g/mol. The minimum absolute atomic E-state index is 0.00694. The van der Waals surface area contributed by atoms with E-state index in [0.717, 1.165) is 22.9 Å². The lowest BCUT2D eigenvalue weighted by Gasteiger charge is -2.32. The topological polar surface area (TPSA) is 55.1 Å². The van der Waals surface area contributed by atoms with E-state index in [9.17, 15) is 4.79 Å². The number of nitrogens with two attached hydrogens (primary N) is 1. The van der Waals surface area contributed by atoms with Crippen molar-refractivity contribution < 1.29 is 4.79 Å². The van der Waals surface area contributed by atoms with E-state index < -0.39 is 0 Å². The summed E-state index contributed by atoms with van der Waals surface area (Å²) < 4.78 is 1.02. The molecule has 0 aliphatic heterocycles. The molecule has 3 nitrogen and oxygen atoms in total. The molecule has 0 aromatic heterocycles. The van der Waals surface area contributed by atoms with Crippen molar-refractivity contribution in [2.45, 2.75) is 31.8 Å². The summed E-state index contributed by atoms with van der Waals surface area (Å²) in [6.07, 6.45) is 1.78. The van der Waals surface area contributed by atoms with Gasteiger partial charge in [-0.05, 0) is 43.5 Å². The third-order valence-electron chi connectivity index (χ3n) is 2.93. The van der Waals surface area contributed by atoms with Gasteiger partial charge in [-0.15, -0.1) is 0 Å². The van der Waals surface area contributed by atoms with Crippen LogP contribution in [0.5, 0.6) is 0 Å². The molecule has 0 radical (unpaired) electrons. The lowest BCUT2D eigenvalue weighted by atomic mass is 9.87. The van der Waals surface area contributed by atoms with E-state index in [1.165, 1.54) is 0 Å². The van der Waals surface area contributed by atoms with Gasteiger partial charge < -0.3 is 11.1 Å². The van der Waals surface area contributed by atoms with Gasteiger partial charge in [0.1, 0.15) is 0 Å². The van der Waals surface area contributed by atoms with E-state index in [4.69, 9.17) is 5.73 Å². The lowest BCUT2D eigenvalue weighted by Crippen LogP contribution is -2.50. The number of carbonyl (C=O) groups is 1. The number of hydrogen-bond donors (Lipinski definition) is 2. The number of carbonyl (C=O) groups excluding carboxylic acids is 1. The van der Waals surface area contributed by atoms with Gasteiger partial charge >= 0.3 is 0 Å². The minimum atomic E-state index is -0.00694. The van der Waals surface area contributed by atoms with Crippen molar-refractivity contribution in [3.05, 3.63) is 33.8 Å². The third-order valence-corrected chi connectivity index (χ3v) is 3.82. The molecule has 86 valence electrons. The zero-order valence-corrected chi connectivity index (χ0v) is 10.8. The fourth-order valence-corrected chi connectivity index (χ4v) is 2.08. The van der Waals surface area contributed by atoms with Gasteiger partial charge in [0, 0.05) is 22.1 Å². The number of hydrogen-bond acceptors (Lipinski definition) is 2. The zero-order chi connectivity index (χ0) is 11.7. The Hall–Kier alpha value is -0.870. The van der Waals surface area contributed by atoms with Gasteiger partial charge in [0.25, 0.3) is 5.91 Å². The van der Waals surface area contributed by atoms with E-state index in [-0.39, 0.29) is 18.0 Å². The number of amides is 1. The summed E-state index contributed by atoms with van der Waals surface area (Å²) in [5.74, 6) is -0.00694. The van der Waals surface area contributed by atoms with Crippen molar-refractivity contribution in [1.82, 2.24) is 5.32 Å². The van der Waals surface area contributed by atoms with Gasteiger partial charge in [-0.1, -0.05) is 15.9 Å². The summed E-state index contributed by atoms with van der Waals surface area (Å²) in [4.78, 5) is 11.9. The van der Waals surface area contributed by atoms with Crippen molar-refractivity contribution in [3.63, 3.8) is 0 Å². The molecule has 1 aromatic rings. The number of rotatable bonds is 2. The van der Waals surface area contributed by atoms with E-state index in [2.05, 4.69) is 21.2 Å². The van der Waals surface area contributed by atoms with Crippen LogP contribution in [-0.2, 0) is 0 Å². The highest BCUT2D eigenvalue weighted by molar-refractivity contribution is 9.10. The molecule has 0 bridgehead atoms. The van der Waals surface area contributed by atoms with Crippen LogP contribution in [0.1, 0.15) is 28.8 Å². The third kappa shape index (κ3) is 2.44. The zero-order valence-electron chi connectivity index (χ0n) is 9.16. The summed E-state index contributed by atoms with van der Waals surface area (Å²) >= 11 is 3.41. The van der Waals surface area contributed by atoms with E-state index >= 15 is 0 Å². The van der Waals surface area contributed by atoms with Crippen LogP contribution in [0.3, 0.4) is 0 Å². The number of nitrogens with one attached hydrogen (secondary N) is 1. The molecule has 3 N–H and O–H groups in total. The van der Waals surface area contributed by atoms with Crippen molar-refractivity contribution >= 4 is 21.8 Å². The summed E-state index contributed by atoms with van der Waals surface area (Å²) in [7, 11) is 0. The Balaban J connectivity index is 2.01. The number of halogens is 1. The van der Waals surface area contributed by atoms with E-state index in [1.807, 2.05) is 25.1 Å². The standard InChI is InChI=1S/C12H15BrN2O/c1-7-4-8(2-3-11(7)13)12(16)15-10-5-9(14)6-10/h2-4,9-10H,5-6,14H2,1H3,(H,15,16). The molecule has 0 heterocycles. The summed E-state index contributed by atoms with van der Waals surface area (Å²) in [6, 6.07) is 6.13. The Morgan fingerprint density at radius 2 is 2.19 bits per heavy atom. The van der Waals surface area contributed by atoms with Gasteiger partial charge in [-0.25, -0.2) is 0 Å². The van der Waals surface area contributed by atoms with Gasteiger partial charge in [-0.3, -0.25) is 4.79 Å². The van der Waals surface area contributed by atoms with Gasteiger partial charge in [0.15, 0.2) is 0 Å². The van der Waals surface area contributed by atoms with Crippen LogP contribution >= 0.6 is 15.9 Å². The van der Waals surface area contributed by atoms with Crippen LogP contribution < -0.4 is 11.1 Å². The SMILES string of the molecule is Cc1cc(C(=O)NC2CC(N)C2)ccc1Br. The molecule has 0 saturated heterocycles. The summed E-state index contributed by atoms with van der Waals surface area (Å²) in [5.41, 5.74) is 7.45. The average Bonchev–Trinajstić information content (AvgIpc) is 2.19. The first kappa shape index (κ1) is 11.6. The first-order chi connectivity index (χ1) is 7.56. The summed E-state index contributed by atoms with van der Waals surface area (Å²) in [5, 5.41) is 2.98. The molecular formula is C12H15BrN2O. The van der Waals surface area contributed by atoms with Crippen LogP contribution in [0.4, 0.5) is 0 Å². The van der Waals surface area contributed by atoms with Crippen LogP contribution in [0.15, 0.2) is 22.7 Å². The normalized spacial score (nSPS) is 23.7. The second-order valence-corrected chi connectivity index (χ2v) is 5.22. The Kier molecular flexibility index (Phi) is 3.30. The van der Waals surface area contributed by atoms with Gasteiger partial charge in [-0.2, -0.15) is 0 Å². The number of aryl methyl sites for hydroxylation is 1. The first-order valence-electron chi connectivity index (χ1n) is 5.39. The van der Waals surface area contributed by atoms with Crippen molar-refractivity contribution in [2.75, 3.05) is 0 Å². The molecule has 1 fully saturated rings. The quantitative estimate of drug-likeness (QED) is 0.872. The molecular weight excluding hydrogens is 268 g/mol. The highest BCUT2D eigenvalue weighted by atomic mass is 79.9. The van der Waals surface area contributed by atoms with Crippen molar-refractivity contribution in [3.8, 4) is 0 Å². The maximum absolute atomic E-state index is 11.9. The molecule has 4 heteroatoms. The smallest absolute Gasteiger partial charge is 0.251 e. The predicted molar refractivity (Wildman–Crippen MR) is 67.3 cm³/mol. The highest BCUT2D eigenvalue weighted by Gasteiger charge is 2.27. The lowest BCUT2D eigenvalue weighted by molar-refractivity contribution is 0.0910. The van der Waals surface area contributed by atoms with Crippen molar-refractivity contribution in [1.29, 1.82) is 0 Å². The van der Waals surface area contributed by atoms with E-state index in [1.54, 1.807) is 0 Å². The monoisotopic (exact) mass is 282 g/mol. The number of benzene rings is 1. The minimum Gasteiger partial charge on any atom is -0.349 e. The second-order valence-electron chi connectivity index (χ2n) is 4.37. The first-order valence-corrected chi connectivity index (χ1v) is 6.18. The molecule has 1 amide bonds. The molecule has 1 aliphatic carbocycles. The Morgan fingerprint density at radius 3 is 2.75 bits per heavy atom. The molecule has 0 atom stereocenters. The van der Waals surface area contributed by atoms with Crippen LogP contribution in [0.25, 0.3) is 0 Å². The molecule has 1 aliphatic rings. The molecule has 0 unspecified atom stereocenters. The van der Waals surface area contributed by atoms with Gasteiger partial charge in [0.2, 0.25) is 0 Å².